The van der Waals surface area contributed by atoms with Crippen LogP contribution in [-0.2, 0) is 9.59 Å². The molecule has 0 fully saturated rings. The first-order valence-corrected chi connectivity index (χ1v) is 12.6. The molecule has 2 aliphatic heterocycles. The van der Waals surface area contributed by atoms with Gasteiger partial charge in [0.2, 0.25) is 0 Å². The third kappa shape index (κ3) is 3.48. The summed E-state index contributed by atoms with van der Waals surface area (Å²) in [4.78, 5) is 46.1. The van der Waals surface area contributed by atoms with Crippen LogP contribution in [0.5, 0.6) is 0 Å². The van der Waals surface area contributed by atoms with E-state index in [2.05, 4.69) is 15.6 Å². The zero-order valence-corrected chi connectivity index (χ0v) is 20.1. The molecule has 35 heavy (non-hydrogen) atoms. The molecule has 6 rings (SSSR count). The lowest BCUT2D eigenvalue weighted by molar-refractivity contribution is -0.113. The molecule has 2 amide bonds. The summed E-state index contributed by atoms with van der Waals surface area (Å²) in [5.74, 6) is -0.639. The molecule has 2 N–H and O–H groups in total. The van der Waals surface area contributed by atoms with E-state index in [1.54, 1.807) is 23.6 Å². The van der Waals surface area contributed by atoms with Crippen molar-refractivity contribution in [2.24, 2.45) is 4.99 Å². The molecule has 0 bridgehead atoms. The number of nitrogens with zero attached hydrogens (tertiary/aromatic N) is 2. The Hall–Kier alpha value is -4.08. The van der Waals surface area contributed by atoms with Crippen LogP contribution in [0.3, 0.4) is 0 Å². The molecule has 7 nitrogen and oxygen atoms in total. The number of benzene rings is 2. The minimum absolute atomic E-state index is 0.310. The maximum atomic E-state index is 13.9. The summed E-state index contributed by atoms with van der Waals surface area (Å²) in [7, 11) is 0. The highest BCUT2D eigenvalue weighted by atomic mass is 32.1. The van der Waals surface area contributed by atoms with E-state index < -0.39 is 6.04 Å². The second-order valence-corrected chi connectivity index (χ2v) is 10.1. The SMILES string of the molecule is CC1=C(C(=O)Nc2ccccc2)[C@@H](c2cccs2)n2c(sc(=C3C(=O)Nc4ccccc43)c2=O)=N1. The maximum absolute atomic E-state index is 13.9. The monoisotopic (exact) mass is 498 g/mol. The third-order valence-electron chi connectivity index (χ3n) is 5.98. The van der Waals surface area contributed by atoms with Crippen LogP contribution in [0.25, 0.3) is 5.57 Å². The molecule has 4 aromatic rings. The van der Waals surface area contributed by atoms with Crippen molar-refractivity contribution in [2.45, 2.75) is 13.0 Å². The largest absolute Gasteiger partial charge is 0.322 e. The normalized spacial score (nSPS) is 18.0. The van der Waals surface area contributed by atoms with Crippen molar-refractivity contribution in [1.29, 1.82) is 0 Å². The van der Waals surface area contributed by atoms with E-state index in [9.17, 15) is 14.4 Å². The van der Waals surface area contributed by atoms with E-state index in [4.69, 9.17) is 0 Å². The zero-order valence-electron chi connectivity index (χ0n) is 18.4. The summed E-state index contributed by atoms with van der Waals surface area (Å²) < 4.78 is 1.85. The van der Waals surface area contributed by atoms with Crippen molar-refractivity contribution in [3.8, 4) is 0 Å². The van der Waals surface area contributed by atoms with Gasteiger partial charge in [0.25, 0.3) is 17.4 Å². The number of thiazole rings is 1. The number of carbonyl (C=O) groups is 2. The van der Waals surface area contributed by atoms with Gasteiger partial charge in [0.05, 0.1) is 16.8 Å². The summed E-state index contributed by atoms with van der Waals surface area (Å²) in [6.07, 6.45) is 0. The van der Waals surface area contributed by atoms with Gasteiger partial charge in [0.15, 0.2) is 4.80 Å². The van der Waals surface area contributed by atoms with Crippen molar-refractivity contribution in [1.82, 2.24) is 4.57 Å². The van der Waals surface area contributed by atoms with Crippen LogP contribution in [0, 0.1) is 0 Å². The van der Waals surface area contributed by atoms with Crippen LogP contribution >= 0.6 is 22.7 Å². The quantitative estimate of drug-likeness (QED) is 0.454. The molecule has 0 saturated heterocycles. The molecule has 1 atom stereocenters. The van der Waals surface area contributed by atoms with Crippen molar-refractivity contribution in [3.05, 3.63) is 114 Å². The molecule has 9 heteroatoms. The molecule has 0 spiro atoms. The van der Waals surface area contributed by atoms with Gasteiger partial charge in [-0.15, -0.1) is 11.3 Å². The number of aromatic nitrogens is 1. The topological polar surface area (TPSA) is 92.6 Å². The fourth-order valence-corrected chi connectivity index (χ4v) is 6.41. The Labute approximate surface area is 207 Å². The number of amides is 2. The van der Waals surface area contributed by atoms with E-state index in [1.165, 1.54) is 22.7 Å². The summed E-state index contributed by atoms with van der Waals surface area (Å²) in [5.41, 5.74) is 2.95. The highest BCUT2D eigenvalue weighted by molar-refractivity contribution is 7.10. The van der Waals surface area contributed by atoms with Crippen LogP contribution in [0.1, 0.15) is 23.4 Å². The minimum Gasteiger partial charge on any atom is -0.322 e. The number of hydrogen-bond acceptors (Lipinski definition) is 6. The maximum Gasteiger partial charge on any atom is 0.272 e. The second-order valence-electron chi connectivity index (χ2n) is 8.11. The van der Waals surface area contributed by atoms with Crippen molar-refractivity contribution >= 4 is 51.4 Å². The lowest BCUT2D eigenvalue weighted by Crippen LogP contribution is -2.41. The fourth-order valence-electron chi connectivity index (χ4n) is 4.44. The zero-order chi connectivity index (χ0) is 24.1. The van der Waals surface area contributed by atoms with E-state index in [-0.39, 0.29) is 17.4 Å². The highest BCUT2D eigenvalue weighted by Gasteiger charge is 2.34. The Morgan fingerprint density at radius 3 is 2.57 bits per heavy atom. The number of hydrogen-bond donors (Lipinski definition) is 2. The molecular formula is C26H18N4O3S2. The smallest absolute Gasteiger partial charge is 0.272 e. The van der Waals surface area contributed by atoms with Gasteiger partial charge >= 0.3 is 0 Å². The number of nitrogens with one attached hydrogen (secondary N) is 2. The number of anilines is 2. The standard InChI is InChI=1S/C26H18N4O3S2/c1-14-19(23(31)28-15-8-3-2-4-9-15)21(18-12-7-13-34-18)30-25(33)22(35-26(30)27-14)20-16-10-5-6-11-17(16)29-24(20)32/h2-13,21H,1H3,(H,28,31)(H,29,32)/t21-/m1/s1. The molecule has 2 aromatic carbocycles. The Balaban J connectivity index is 1.57. The van der Waals surface area contributed by atoms with Gasteiger partial charge in [-0.1, -0.05) is 53.8 Å². The van der Waals surface area contributed by atoms with E-state index in [0.29, 0.717) is 43.1 Å². The first-order valence-electron chi connectivity index (χ1n) is 10.9. The number of rotatable bonds is 3. The predicted molar refractivity (Wildman–Crippen MR) is 137 cm³/mol. The van der Waals surface area contributed by atoms with Gasteiger partial charge in [-0.3, -0.25) is 19.0 Å². The summed E-state index contributed by atoms with van der Waals surface area (Å²) in [5, 5.41) is 7.68. The minimum atomic E-state index is -0.649. The van der Waals surface area contributed by atoms with Gasteiger partial charge in [0, 0.05) is 21.8 Å². The summed E-state index contributed by atoms with van der Waals surface area (Å²) in [6, 6.07) is 19.6. The summed E-state index contributed by atoms with van der Waals surface area (Å²) >= 11 is 2.64. The fraction of sp³-hybridized carbons (Fsp3) is 0.0769. The molecule has 0 saturated carbocycles. The Bertz CT molecular complexity index is 1710. The molecule has 0 radical (unpaired) electrons. The highest BCUT2D eigenvalue weighted by Crippen LogP contribution is 2.34. The Morgan fingerprint density at radius 2 is 1.80 bits per heavy atom. The number of allylic oxidation sites excluding steroid dienone is 1. The molecule has 2 aliphatic rings. The number of thiophene rings is 1. The van der Waals surface area contributed by atoms with Crippen molar-refractivity contribution < 1.29 is 9.59 Å². The van der Waals surface area contributed by atoms with Crippen LogP contribution in [-0.4, -0.2) is 16.4 Å². The van der Waals surface area contributed by atoms with Crippen LogP contribution in [0.4, 0.5) is 11.4 Å². The lowest BCUT2D eigenvalue weighted by Gasteiger charge is -2.24. The summed E-state index contributed by atoms with van der Waals surface area (Å²) in [6.45, 7) is 1.78. The molecule has 0 unspecified atom stereocenters. The van der Waals surface area contributed by atoms with Gasteiger partial charge < -0.3 is 10.6 Å². The number of carbonyl (C=O) groups excluding carboxylic acids is 2. The molecule has 0 aliphatic carbocycles. The third-order valence-corrected chi connectivity index (χ3v) is 7.96. The molecule has 4 heterocycles. The second kappa shape index (κ2) is 8.30. The van der Waals surface area contributed by atoms with Crippen molar-refractivity contribution in [2.75, 3.05) is 10.6 Å². The number of fused-ring (bicyclic) bond motifs is 2. The first-order chi connectivity index (χ1) is 17.0. The van der Waals surface area contributed by atoms with Crippen LogP contribution in [0.2, 0.25) is 0 Å². The van der Waals surface area contributed by atoms with Gasteiger partial charge in [0.1, 0.15) is 10.6 Å². The Kier molecular flexibility index (Phi) is 5.09. The number of para-hydroxylation sites is 2. The average Bonchev–Trinajstić information content (AvgIpc) is 3.56. The molecule has 2 aromatic heterocycles. The van der Waals surface area contributed by atoms with Crippen LogP contribution < -0.4 is 25.5 Å². The van der Waals surface area contributed by atoms with E-state index in [0.717, 1.165) is 4.88 Å². The van der Waals surface area contributed by atoms with Gasteiger partial charge in [-0.2, -0.15) is 0 Å². The first kappa shape index (κ1) is 21.5. The Morgan fingerprint density at radius 1 is 1.03 bits per heavy atom. The lowest BCUT2D eigenvalue weighted by atomic mass is 10.0. The molecule has 172 valence electrons. The average molecular weight is 499 g/mol. The van der Waals surface area contributed by atoms with E-state index >= 15 is 0 Å². The predicted octanol–water partition coefficient (Wildman–Crippen LogP) is 3.26. The van der Waals surface area contributed by atoms with Gasteiger partial charge in [-0.05, 0) is 36.6 Å². The van der Waals surface area contributed by atoms with Crippen LogP contribution in [0.15, 0.2) is 93.2 Å². The van der Waals surface area contributed by atoms with E-state index in [1.807, 2.05) is 60.0 Å². The van der Waals surface area contributed by atoms with Crippen molar-refractivity contribution in [3.63, 3.8) is 0 Å². The molecular weight excluding hydrogens is 480 g/mol. The van der Waals surface area contributed by atoms with Gasteiger partial charge in [-0.25, -0.2) is 4.99 Å².